The van der Waals surface area contributed by atoms with E-state index >= 15 is 0 Å². The van der Waals surface area contributed by atoms with Crippen molar-refractivity contribution >= 4 is 11.7 Å². The van der Waals surface area contributed by atoms with Gasteiger partial charge in [-0.05, 0) is 19.1 Å². The summed E-state index contributed by atoms with van der Waals surface area (Å²) in [5.74, 6) is 0.816. The minimum Gasteiger partial charge on any atom is -0.468 e. The van der Waals surface area contributed by atoms with Crippen molar-refractivity contribution in [1.29, 1.82) is 0 Å². The first kappa shape index (κ1) is 12.8. The van der Waals surface area contributed by atoms with E-state index < -0.39 is 0 Å². The smallest absolute Gasteiger partial charge is 0.230 e. The second kappa shape index (κ2) is 5.82. The molecular weight excluding hydrogens is 232 g/mol. The molecule has 1 fully saturated rings. The SMILES string of the molecule is CC(=O)CC(=O)N1CCN(Cc2ccco2)CC1. The second-order valence-corrected chi connectivity index (χ2v) is 4.62. The summed E-state index contributed by atoms with van der Waals surface area (Å²) < 4.78 is 5.30. The van der Waals surface area contributed by atoms with Gasteiger partial charge >= 0.3 is 0 Å². The molecule has 0 atom stereocenters. The third-order valence-electron chi connectivity index (χ3n) is 3.08. The fourth-order valence-electron chi connectivity index (χ4n) is 2.10. The van der Waals surface area contributed by atoms with Gasteiger partial charge in [-0.25, -0.2) is 0 Å². The summed E-state index contributed by atoms with van der Waals surface area (Å²) in [6.07, 6.45) is 1.69. The molecule has 1 saturated heterocycles. The third kappa shape index (κ3) is 3.43. The highest BCUT2D eigenvalue weighted by molar-refractivity contribution is 5.96. The molecule has 2 rings (SSSR count). The molecule has 98 valence electrons. The average Bonchev–Trinajstić information content (AvgIpc) is 2.82. The zero-order chi connectivity index (χ0) is 13.0. The fraction of sp³-hybridized carbons (Fsp3) is 0.538. The number of nitrogens with zero attached hydrogens (tertiary/aromatic N) is 2. The topological polar surface area (TPSA) is 53.8 Å². The summed E-state index contributed by atoms with van der Waals surface area (Å²) in [6, 6.07) is 3.83. The van der Waals surface area contributed by atoms with E-state index in [9.17, 15) is 9.59 Å². The largest absolute Gasteiger partial charge is 0.468 e. The van der Waals surface area contributed by atoms with Crippen LogP contribution in [-0.4, -0.2) is 47.7 Å². The van der Waals surface area contributed by atoms with Gasteiger partial charge in [-0.1, -0.05) is 0 Å². The number of piperazine rings is 1. The molecule has 0 saturated carbocycles. The van der Waals surface area contributed by atoms with Gasteiger partial charge < -0.3 is 9.32 Å². The predicted octanol–water partition coefficient (Wildman–Crippen LogP) is 0.903. The van der Waals surface area contributed by atoms with E-state index in [4.69, 9.17) is 4.42 Å². The zero-order valence-electron chi connectivity index (χ0n) is 10.6. The Kier molecular flexibility index (Phi) is 4.15. The molecule has 1 amide bonds. The second-order valence-electron chi connectivity index (χ2n) is 4.62. The van der Waals surface area contributed by atoms with E-state index in [2.05, 4.69) is 4.90 Å². The van der Waals surface area contributed by atoms with Gasteiger partial charge in [0.05, 0.1) is 19.2 Å². The Morgan fingerprint density at radius 3 is 2.56 bits per heavy atom. The molecule has 1 aromatic rings. The Morgan fingerprint density at radius 1 is 1.28 bits per heavy atom. The number of ketones is 1. The third-order valence-corrected chi connectivity index (χ3v) is 3.08. The normalized spacial score (nSPS) is 16.8. The number of hydrogen-bond donors (Lipinski definition) is 0. The number of hydrogen-bond acceptors (Lipinski definition) is 4. The van der Waals surface area contributed by atoms with Crippen LogP contribution in [0.1, 0.15) is 19.1 Å². The molecule has 0 aliphatic carbocycles. The molecule has 5 nitrogen and oxygen atoms in total. The van der Waals surface area contributed by atoms with Gasteiger partial charge in [0.1, 0.15) is 11.5 Å². The maximum atomic E-state index is 11.7. The van der Waals surface area contributed by atoms with E-state index in [1.165, 1.54) is 6.92 Å². The average molecular weight is 250 g/mol. The van der Waals surface area contributed by atoms with Crippen molar-refractivity contribution in [2.75, 3.05) is 26.2 Å². The van der Waals surface area contributed by atoms with Crippen LogP contribution >= 0.6 is 0 Å². The summed E-state index contributed by atoms with van der Waals surface area (Å²) in [4.78, 5) is 26.6. The highest BCUT2D eigenvalue weighted by atomic mass is 16.3. The van der Waals surface area contributed by atoms with Crippen LogP contribution in [0.15, 0.2) is 22.8 Å². The first-order chi connectivity index (χ1) is 8.65. The Hall–Kier alpha value is -1.62. The van der Waals surface area contributed by atoms with E-state index in [0.29, 0.717) is 13.1 Å². The summed E-state index contributed by atoms with van der Waals surface area (Å²) in [6.45, 7) is 5.25. The number of amides is 1. The number of Topliss-reactive ketones (excluding diaryl/α,β-unsaturated/α-hetero) is 1. The fourth-order valence-corrected chi connectivity index (χ4v) is 2.10. The first-order valence-corrected chi connectivity index (χ1v) is 6.17. The van der Waals surface area contributed by atoms with Gasteiger partial charge in [-0.15, -0.1) is 0 Å². The Labute approximate surface area is 106 Å². The van der Waals surface area contributed by atoms with Gasteiger partial charge in [-0.2, -0.15) is 0 Å². The summed E-state index contributed by atoms with van der Waals surface area (Å²) in [5, 5.41) is 0. The van der Waals surface area contributed by atoms with Gasteiger partial charge in [0.25, 0.3) is 0 Å². The van der Waals surface area contributed by atoms with Gasteiger partial charge in [0, 0.05) is 26.2 Å². The molecule has 0 unspecified atom stereocenters. The molecule has 0 radical (unpaired) electrons. The summed E-state index contributed by atoms with van der Waals surface area (Å²) >= 11 is 0. The van der Waals surface area contributed by atoms with Crippen molar-refractivity contribution in [3.05, 3.63) is 24.2 Å². The van der Waals surface area contributed by atoms with Gasteiger partial charge in [-0.3, -0.25) is 14.5 Å². The van der Waals surface area contributed by atoms with Crippen molar-refractivity contribution in [1.82, 2.24) is 9.80 Å². The molecule has 2 heterocycles. The molecule has 0 bridgehead atoms. The molecule has 0 spiro atoms. The molecule has 1 aliphatic heterocycles. The first-order valence-electron chi connectivity index (χ1n) is 6.17. The number of rotatable bonds is 4. The van der Waals surface area contributed by atoms with E-state index in [1.54, 1.807) is 11.2 Å². The van der Waals surface area contributed by atoms with Crippen LogP contribution < -0.4 is 0 Å². The maximum Gasteiger partial charge on any atom is 0.230 e. The van der Waals surface area contributed by atoms with Crippen LogP contribution in [-0.2, 0) is 16.1 Å². The number of carbonyl (C=O) groups excluding carboxylic acids is 2. The molecular formula is C13H18N2O3. The molecule has 18 heavy (non-hydrogen) atoms. The van der Waals surface area contributed by atoms with E-state index in [0.717, 1.165) is 25.4 Å². The summed E-state index contributed by atoms with van der Waals surface area (Å²) in [7, 11) is 0. The van der Waals surface area contributed by atoms with Crippen LogP contribution in [0.5, 0.6) is 0 Å². The highest BCUT2D eigenvalue weighted by Crippen LogP contribution is 2.09. The zero-order valence-corrected chi connectivity index (χ0v) is 10.6. The van der Waals surface area contributed by atoms with Crippen LogP contribution in [0.3, 0.4) is 0 Å². The van der Waals surface area contributed by atoms with Crippen molar-refractivity contribution in [3.63, 3.8) is 0 Å². The lowest BCUT2D eigenvalue weighted by molar-refractivity contribution is -0.136. The molecule has 1 aliphatic rings. The van der Waals surface area contributed by atoms with E-state index in [1.807, 2.05) is 12.1 Å². The molecule has 1 aromatic heterocycles. The Balaban J connectivity index is 1.77. The lowest BCUT2D eigenvalue weighted by atomic mass is 10.2. The highest BCUT2D eigenvalue weighted by Gasteiger charge is 2.22. The minimum atomic E-state index is -0.0713. The van der Waals surface area contributed by atoms with Crippen LogP contribution in [0.4, 0.5) is 0 Å². The quantitative estimate of drug-likeness (QED) is 0.745. The van der Waals surface area contributed by atoms with Crippen LogP contribution in [0.25, 0.3) is 0 Å². The summed E-state index contributed by atoms with van der Waals surface area (Å²) in [5.41, 5.74) is 0. The van der Waals surface area contributed by atoms with Crippen LogP contribution in [0.2, 0.25) is 0 Å². The predicted molar refractivity (Wildman–Crippen MR) is 65.9 cm³/mol. The van der Waals surface area contributed by atoms with Crippen molar-refractivity contribution in [2.45, 2.75) is 19.9 Å². The van der Waals surface area contributed by atoms with Crippen molar-refractivity contribution < 1.29 is 14.0 Å². The number of carbonyl (C=O) groups is 2. The van der Waals surface area contributed by atoms with Crippen molar-refractivity contribution in [3.8, 4) is 0 Å². The Morgan fingerprint density at radius 2 is 2.00 bits per heavy atom. The lowest BCUT2D eigenvalue weighted by Crippen LogP contribution is -2.48. The van der Waals surface area contributed by atoms with Gasteiger partial charge in [0.15, 0.2) is 0 Å². The molecule has 0 aromatic carbocycles. The maximum absolute atomic E-state index is 11.7. The van der Waals surface area contributed by atoms with Crippen molar-refractivity contribution in [2.24, 2.45) is 0 Å². The number of furan rings is 1. The monoisotopic (exact) mass is 250 g/mol. The van der Waals surface area contributed by atoms with Gasteiger partial charge in [0.2, 0.25) is 5.91 Å². The van der Waals surface area contributed by atoms with E-state index in [-0.39, 0.29) is 18.1 Å². The lowest BCUT2D eigenvalue weighted by Gasteiger charge is -2.34. The van der Waals surface area contributed by atoms with Crippen LogP contribution in [0, 0.1) is 0 Å². The minimum absolute atomic E-state index is 0.0260. The standard InChI is InChI=1S/C13H18N2O3/c1-11(16)9-13(17)15-6-4-14(5-7-15)10-12-3-2-8-18-12/h2-3,8H,4-7,9-10H2,1H3. The molecule has 0 N–H and O–H groups in total. The Bertz CT molecular complexity index is 406. The molecule has 5 heteroatoms.